The first-order chi connectivity index (χ1) is 12.6. The third-order valence-electron chi connectivity index (χ3n) is 4.75. The number of benzene rings is 3. The molecule has 3 aromatic carbocycles. The average Bonchev–Trinajstić information content (AvgIpc) is 2.69. The minimum absolute atomic E-state index is 0.131. The summed E-state index contributed by atoms with van der Waals surface area (Å²) in [6.07, 6.45) is 0. The van der Waals surface area contributed by atoms with Gasteiger partial charge in [-0.1, -0.05) is 97.4 Å². The molecule has 0 spiro atoms. The van der Waals surface area contributed by atoms with Crippen LogP contribution in [-0.2, 0) is 0 Å². The lowest BCUT2D eigenvalue weighted by atomic mass is 9.78. The maximum absolute atomic E-state index is 13.2. The molecular weight excluding hydrogens is 320 g/mol. The summed E-state index contributed by atoms with van der Waals surface area (Å²) in [6, 6.07) is 26.2. The molecule has 0 saturated carbocycles. The molecule has 0 aliphatic heterocycles. The summed E-state index contributed by atoms with van der Waals surface area (Å²) in [7, 11) is 0. The normalized spacial score (nSPS) is 12.0. The quantitative estimate of drug-likeness (QED) is 0.439. The van der Waals surface area contributed by atoms with Gasteiger partial charge < -0.3 is 0 Å². The van der Waals surface area contributed by atoms with E-state index in [2.05, 4.69) is 0 Å². The van der Waals surface area contributed by atoms with E-state index in [-0.39, 0.29) is 17.5 Å². The first-order valence-electron chi connectivity index (χ1n) is 8.83. The van der Waals surface area contributed by atoms with Gasteiger partial charge in [-0.15, -0.1) is 0 Å². The molecule has 3 aromatic rings. The molecule has 26 heavy (non-hydrogen) atoms. The van der Waals surface area contributed by atoms with E-state index in [0.717, 1.165) is 11.1 Å². The van der Waals surface area contributed by atoms with Gasteiger partial charge in [0.05, 0.1) is 5.92 Å². The van der Waals surface area contributed by atoms with E-state index in [1.165, 1.54) is 0 Å². The number of ketones is 2. The van der Waals surface area contributed by atoms with E-state index in [4.69, 9.17) is 0 Å². The third kappa shape index (κ3) is 3.80. The van der Waals surface area contributed by atoms with Crippen LogP contribution in [0.2, 0.25) is 0 Å². The number of hydrogen-bond acceptors (Lipinski definition) is 2. The molecule has 0 aliphatic rings. The number of carbonyl (C=O) groups is 2. The minimum Gasteiger partial charge on any atom is -0.293 e. The summed E-state index contributed by atoms with van der Waals surface area (Å²) in [5.41, 5.74) is 3.26. The summed E-state index contributed by atoms with van der Waals surface area (Å²) in [5, 5.41) is 0. The van der Waals surface area contributed by atoms with Gasteiger partial charge in [0, 0.05) is 11.1 Å². The van der Waals surface area contributed by atoms with Crippen molar-refractivity contribution in [1.29, 1.82) is 0 Å². The van der Waals surface area contributed by atoms with Crippen molar-refractivity contribution >= 4 is 11.6 Å². The maximum atomic E-state index is 13.2. The van der Waals surface area contributed by atoms with E-state index in [0.29, 0.717) is 11.1 Å². The topological polar surface area (TPSA) is 34.1 Å². The van der Waals surface area contributed by atoms with Gasteiger partial charge in [-0.2, -0.15) is 0 Å². The van der Waals surface area contributed by atoms with Crippen LogP contribution in [0, 0.1) is 12.8 Å². The molecule has 0 aliphatic carbocycles. The van der Waals surface area contributed by atoms with Crippen molar-refractivity contribution in [3.63, 3.8) is 0 Å². The molecule has 130 valence electrons. The van der Waals surface area contributed by atoms with Gasteiger partial charge in [0.1, 0.15) is 0 Å². The van der Waals surface area contributed by atoms with Gasteiger partial charge in [0.15, 0.2) is 11.6 Å². The molecule has 2 heteroatoms. The second kappa shape index (κ2) is 7.92. The Labute approximate surface area is 154 Å². The molecule has 1 unspecified atom stereocenters. The zero-order valence-corrected chi connectivity index (χ0v) is 15.1. The predicted octanol–water partition coefficient (Wildman–Crippen LogP) is 5.48. The SMILES string of the molecule is Cc1cccc(C(C)C(C(=O)c2ccccc2)C(=O)c2ccccc2)c1. The van der Waals surface area contributed by atoms with Crippen LogP contribution in [0.4, 0.5) is 0 Å². The molecule has 0 saturated heterocycles. The highest BCUT2D eigenvalue weighted by Gasteiger charge is 2.34. The van der Waals surface area contributed by atoms with Crippen LogP contribution in [0.3, 0.4) is 0 Å². The fourth-order valence-electron chi connectivity index (χ4n) is 3.28. The Bertz CT molecular complexity index is 846. The lowest BCUT2D eigenvalue weighted by Crippen LogP contribution is -2.29. The zero-order valence-electron chi connectivity index (χ0n) is 15.1. The van der Waals surface area contributed by atoms with Gasteiger partial charge in [-0.3, -0.25) is 9.59 Å². The van der Waals surface area contributed by atoms with Crippen LogP contribution in [0.5, 0.6) is 0 Å². The van der Waals surface area contributed by atoms with Gasteiger partial charge in [-0.25, -0.2) is 0 Å². The van der Waals surface area contributed by atoms with Crippen LogP contribution >= 0.6 is 0 Å². The van der Waals surface area contributed by atoms with Crippen LogP contribution in [0.1, 0.15) is 44.7 Å². The molecule has 0 N–H and O–H groups in total. The Morgan fingerprint density at radius 1 is 0.692 bits per heavy atom. The molecule has 0 fully saturated rings. The van der Waals surface area contributed by atoms with E-state index < -0.39 is 5.92 Å². The largest absolute Gasteiger partial charge is 0.293 e. The maximum Gasteiger partial charge on any atom is 0.174 e. The predicted molar refractivity (Wildman–Crippen MR) is 105 cm³/mol. The second-order valence-electron chi connectivity index (χ2n) is 6.64. The van der Waals surface area contributed by atoms with Crippen molar-refractivity contribution < 1.29 is 9.59 Å². The summed E-state index contributed by atoms with van der Waals surface area (Å²) in [5.74, 6) is -1.22. The fraction of sp³-hybridized carbons (Fsp3) is 0.167. The third-order valence-corrected chi connectivity index (χ3v) is 4.75. The lowest BCUT2D eigenvalue weighted by molar-refractivity contribution is 0.0787. The number of carbonyl (C=O) groups excluding carboxylic acids is 2. The zero-order chi connectivity index (χ0) is 18.5. The van der Waals surface area contributed by atoms with Crippen molar-refractivity contribution in [2.24, 2.45) is 5.92 Å². The number of Topliss-reactive ketones (excluding diaryl/α,β-unsaturated/α-hetero) is 2. The fourth-order valence-corrected chi connectivity index (χ4v) is 3.28. The highest BCUT2D eigenvalue weighted by atomic mass is 16.2. The Balaban J connectivity index is 2.04. The van der Waals surface area contributed by atoms with E-state index >= 15 is 0 Å². The second-order valence-corrected chi connectivity index (χ2v) is 6.64. The molecule has 2 nitrogen and oxygen atoms in total. The summed E-state index contributed by atoms with van der Waals surface area (Å²) in [6.45, 7) is 3.98. The van der Waals surface area contributed by atoms with Crippen molar-refractivity contribution in [2.75, 3.05) is 0 Å². The van der Waals surface area contributed by atoms with Crippen LogP contribution in [0.25, 0.3) is 0 Å². The van der Waals surface area contributed by atoms with Crippen LogP contribution in [-0.4, -0.2) is 11.6 Å². The molecule has 0 amide bonds. The van der Waals surface area contributed by atoms with E-state index in [9.17, 15) is 9.59 Å². The standard InChI is InChI=1S/C24H22O2/c1-17-10-9-15-21(16-17)18(2)22(23(25)19-11-5-3-6-12-19)24(26)20-13-7-4-8-14-20/h3-16,18,22H,1-2H3. The lowest BCUT2D eigenvalue weighted by Gasteiger charge is -2.23. The highest BCUT2D eigenvalue weighted by Crippen LogP contribution is 2.31. The number of hydrogen-bond donors (Lipinski definition) is 0. The summed E-state index contributed by atoms with van der Waals surface area (Å²) in [4.78, 5) is 26.5. The molecule has 1 atom stereocenters. The number of aryl methyl sites for hydroxylation is 1. The van der Waals surface area contributed by atoms with Crippen molar-refractivity contribution in [3.05, 3.63) is 107 Å². The molecule has 0 radical (unpaired) electrons. The molecule has 3 rings (SSSR count). The molecule has 0 aromatic heterocycles. The smallest absolute Gasteiger partial charge is 0.174 e. The number of rotatable bonds is 6. The monoisotopic (exact) mass is 342 g/mol. The van der Waals surface area contributed by atoms with Gasteiger partial charge >= 0.3 is 0 Å². The Hall–Kier alpha value is -3.00. The van der Waals surface area contributed by atoms with E-state index in [1.807, 2.05) is 74.5 Å². The van der Waals surface area contributed by atoms with Gasteiger partial charge in [-0.05, 0) is 18.4 Å². The first-order valence-corrected chi connectivity index (χ1v) is 8.83. The minimum atomic E-state index is -0.749. The van der Waals surface area contributed by atoms with E-state index in [1.54, 1.807) is 24.3 Å². The first kappa shape index (κ1) is 17.8. The summed E-state index contributed by atoms with van der Waals surface area (Å²) < 4.78 is 0. The van der Waals surface area contributed by atoms with Crippen molar-refractivity contribution in [2.45, 2.75) is 19.8 Å². The van der Waals surface area contributed by atoms with Crippen LogP contribution in [0.15, 0.2) is 84.9 Å². The van der Waals surface area contributed by atoms with Crippen LogP contribution < -0.4 is 0 Å². The molecule has 0 bridgehead atoms. The Morgan fingerprint density at radius 3 is 1.65 bits per heavy atom. The Kier molecular flexibility index (Phi) is 5.43. The molecular formula is C24H22O2. The summed E-state index contributed by atoms with van der Waals surface area (Å²) >= 11 is 0. The van der Waals surface area contributed by atoms with Crippen molar-refractivity contribution in [1.82, 2.24) is 0 Å². The van der Waals surface area contributed by atoms with Gasteiger partial charge in [0.25, 0.3) is 0 Å². The average molecular weight is 342 g/mol. The molecule has 0 heterocycles. The van der Waals surface area contributed by atoms with Gasteiger partial charge in [0.2, 0.25) is 0 Å². The Morgan fingerprint density at radius 2 is 1.19 bits per heavy atom. The van der Waals surface area contributed by atoms with Crippen molar-refractivity contribution in [3.8, 4) is 0 Å². The highest BCUT2D eigenvalue weighted by molar-refractivity contribution is 6.16.